The van der Waals surface area contributed by atoms with Gasteiger partial charge in [-0.2, -0.15) is 13.2 Å². The van der Waals surface area contributed by atoms with E-state index in [9.17, 15) is 22.8 Å². The Kier molecular flexibility index (Phi) is 10.4. The number of benzene rings is 2. The molecule has 0 radical (unpaired) electrons. The molecule has 0 saturated carbocycles. The smallest absolute Gasteiger partial charge is 0.416 e. The van der Waals surface area contributed by atoms with E-state index in [0.29, 0.717) is 26.1 Å². The van der Waals surface area contributed by atoms with Gasteiger partial charge in [-0.15, -0.1) is 0 Å². The number of fused-ring (bicyclic) bond motifs is 1. The number of halogens is 3. The first kappa shape index (κ1) is 28.5. The highest BCUT2D eigenvalue weighted by Gasteiger charge is 2.30. The lowest BCUT2D eigenvalue weighted by atomic mass is 10.1. The molecule has 202 valence electrons. The first-order chi connectivity index (χ1) is 17.6. The zero-order valence-electron chi connectivity index (χ0n) is 21.7. The van der Waals surface area contributed by atoms with E-state index >= 15 is 0 Å². The Labute approximate surface area is 217 Å². The van der Waals surface area contributed by atoms with E-state index in [1.165, 1.54) is 12.1 Å². The topological polar surface area (TPSA) is 49.9 Å². The molecule has 1 aliphatic heterocycles. The minimum atomic E-state index is -4.48. The van der Waals surface area contributed by atoms with Gasteiger partial charge in [0.15, 0.2) is 6.61 Å². The van der Waals surface area contributed by atoms with E-state index < -0.39 is 11.7 Å². The van der Waals surface area contributed by atoms with Crippen molar-refractivity contribution in [1.29, 1.82) is 0 Å². The summed E-state index contributed by atoms with van der Waals surface area (Å²) < 4.78 is 44.6. The van der Waals surface area contributed by atoms with Crippen LogP contribution in [0.4, 0.5) is 18.9 Å². The number of nitrogens with zero attached hydrogens (tertiary/aromatic N) is 2. The number of para-hydroxylation sites is 1. The van der Waals surface area contributed by atoms with Gasteiger partial charge in [-0.25, -0.2) is 0 Å². The van der Waals surface area contributed by atoms with Gasteiger partial charge in [-0.05, 0) is 48.6 Å². The van der Waals surface area contributed by atoms with Crippen LogP contribution in [0.15, 0.2) is 48.5 Å². The zero-order chi connectivity index (χ0) is 26.8. The number of ether oxygens (including phenoxy) is 1. The molecule has 2 amide bonds. The summed E-state index contributed by atoms with van der Waals surface area (Å²) in [6.07, 6.45) is 1.86. The molecule has 2 aromatic carbocycles. The predicted octanol–water partition coefficient (Wildman–Crippen LogP) is 6.85. The standard InChI is InChI=1S/C29H37F3N2O3/c1-22(2)18-27(35)34-17-10-6-4-3-5-9-16-33(20-23-12-7-8-15-26(23)34)28(36)21-37-25-14-11-13-24(19-25)29(30,31)32/h7-8,11-15,19,22H,3-6,9-10,16-18,20-21H2,1-2H3. The van der Waals surface area contributed by atoms with Crippen molar-refractivity contribution in [2.45, 2.75) is 71.5 Å². The lowest BCUT2D eigenvalue weighted by molar-refractivity contribution is -0.137. The van der Waals surface area contributed by atoms with Crippen molar-refractivity contribution in [3.8, 4) is 5.75 Å². The van der Waals surface area contributed by atoms with Crippen LogP contribution in [0.25, 0.3) is 0 Å². The monoisotopic (exact) mass is 518 g/mol. The average molecular weight is 519 g/mol. The van der Waals surface area contributed by atoms with Crippen LogP contribution in [0.5, 0.6) is 5.75 Å². The summed E-state index contributed by atoms with van der Waals surface area (Å²) in [6, 6.07) is 12.2. The van der Waals surface area contributed by atoms with Crippen LogP contribution in [0, 0.1) is 5.92 Å². The molecule has 8 heteroatoms. The first-order valence-electron chi connectivity index (χ1n) is 13.1. The fourth-order valence-electron chi connectivity index (χ4n) is 4.52. The summed E-state index contributed by atoms with van der Waals surface area (Å²) in [5.74, 6) is 0.000384. The number of rotatable bonds is 5. The largest absolute Gasteiger partial charge is 0.484 e. The van der Waals surface area contributed by atoms with Gasteiger partial charge in [0.2, 0.25) is 5.91 Å². The van der Waals surface area contributed by atoms with E-state index in [1.54, 1.807) is 4.90 Å². The third kappa shape index (κ3) is 8.79. The van der Waals surface area contributed by atoms with Crippen LogP contribution in [0.2, 0.25) is 0 Å². The molecule has 2 aromatic rings. The van der Waals surface area contributed by atoms with Crippen molar-refractivity contribution in [3.05, 3.63) is 59.7 Å². The molecule has 0 unspecified atom stereocenters. The zero-order valence-corrected chi connectivity index (χ0v) is 21.7. The van der Waals surface area contributed by atoms with Gasteiger partial charge in [0.05, 0.1) is 5.56 Å². The third-order valence-corrected chi connectivity index (χ3v) is 6.46. The van der Waals surface area contributed by atoms with Gasteiger partial charge in [-0.3, -0.25) is 9.59 Å². The van der Waals surface area contributed by atoms with E-state index in [4.69, 9.17) is 4.74 Å². The van der Waals surface area contributed by atoms with E-state index in [-0.39, 0.29) is 30.1 Å². The molecule has 0 atom stereocenters. The van der Waals surface area contributed by atoms with Gasteiger partial charge >= 0.3 is 6.18 Å². The Hall–Kier alpha value is -3.03. The maximum Gasteiger partial charge on any atom is 0.416 e. The Balaban J connectivity index is 1.81. The number of carbonyl (C=O) groups is 2. The molecule has 1 aliphatic rings. The number of hydrogen-bond acceptors (Lipinski definition) is 3. The van der Waals surface area contributed by atoms with Crippen molar-refractivity contribution in [3.63, 3.8) is 0 Å². The number of anilines is 1. The van der Waals surface area contributed by atoms with Gasteiger partial charge in [0.1, 0.15) is 5.75 Å². The third-order valence-electron chi connectivity index (χ3n) is 6.46. The second-order valence-electron chi connectivity index (χ2n) is 10.0. The maximum absolute atomic E-state index is 13.2. The van der Waals surface area contributed by atoms with Crippen LogP contribution >= 0.6 is 0 Å². The minimum Gasteiger partial charge on any atom is -0.484 e. The van der Waals surface area contributed by atoms with E-state index in [1.807, 2.05) is 43.0 Å². The van der Waals surface area contributed by atoms with E-state index in [0.717, 1.165) is 61.9 Å². The molecule has 0 bridgehead atoms. The minimum absolute atomic E-state index is 0.000117. The molecule has 1 heterocycles. The van der Waals surface area contributed by atoms with Gasteiger partial charge < -0.3 is 14.5 Å². The normalized spacial score (nSPS) is 15.8. The lowest BCUT2D eigenvalue weighted by Crippen LogP contribution is -2.37. The quantitative estimate of drug-likeness (QED) is 0.435. The van der Waals surface area contributed by atoms with Crippen LogP contribution in [-0.4, -0.2) is 36.4 Å². The molecule has 37 heavy (non-hydrogen) atoms. The van der Waals surface area contributed by atoms with Crippen LogP contribution in [-0.2, 0) is 22.3 Å². The molecular formula is C29H37F3N2O3. The van der Waals surface area contributed by atoms with Crippen LogP contribution in [0.1, 0.15) is 69.9 Å². The fraction of sp³-hybridized carbons (Fsp3) is 0.517. The summed E-state index contributed by atoms with van der Waals surface area (Å²) in [7, 11) is 0. The first-order valence-corrected chi connectivity index (χ1v) is 13.1. The molecule has 3 rings (SSSR count). The summed E-state index contributed by atoms with van der Waals surface area (Å²) >= 11 is 0. The Bertz CT molecular complexity index is 1040. The number of amides is 2. The highest BCUT2D eigenvalue weighted by molar-refractivity contribution is 5.94. The van der Waals surface area contributed by atoms with Crippen molar-refractivity contribution >= 4 is 17.5 Å². The summed E-state index contributed by atoms with van der Waals surface area (Å²) in [5, 5.41) is 0. The SMILES string of the molecule is CC(C)CC(=O)N1CCCCCCCCN(C(=O)COc2cccc(C(F)(F)F)c2)Cc2ccccc21. The second-order valence-corrected chi connectivity index (χ2v) is 10.0. The molecule has 0 saturated heterocycles. The Morgan fingerprint density at radius 1 is 0.892 bits per heavy atom. The van der Waals surface area contributed by atoms with Crippen LogP contribution < -0.4 is 9.64 Å². The number of hydrogen-bond donors (Lipinski definition) is 0. The van der Waals surface area contributed by atoms with Crippen LogP contribution in [0.3, 0.4) is 0 Å². The number of carbonyl (C=O) groups excluding carboxylic acids is 2. The lowest BCUT2D eigenvalue weighted by Gasteiger charge is -2.29. The van der Waals surface area contributed by atoms with Gasteiger partial charge in [0.25, 0.3) is 5.91 Å². The average Bonchev–Trinajstić information content (AvgIpc) is 2.86. The highest BCUT2D eigenvalue weighted by atomic mass is 19.4. The number of alkyl halides is 3. The van der Waals surface area contributed by atoms with Crippen molar-refractivity contribution in [2.24, 2.45) is 5.92 Å². The molecule has 5 nitrogen and oxygen atoms in total. The molecule has 0 spiro atoms. The molecule has 0 aromatic heterocycles. The second kappa shape index (κ2) is 13.5. The summed E-state index contributed by atoms with van der Waals surface area (Å²) in [5.41, 5.74) is 0.857. The predicted molar refractivity (Wildman–Crippen MR) is 138 cm³/mol. The van der Waals surface area contributed by atoms with Crippen molar-refractivity contribution in [2.75, 3.05) is 24.6 Å². The molecule has 0 N–H and O–H groups in total. The van der Waals surface area contributed by atoms with Crippen molar-refractivity contribution in [1.82, 2.24) is 4.90 Å². The van der Waals surface area contributed by atoms with E-state index in [2.05, 4.69) is 0 Å². The fourth-order valence-corrected chi connectivity index (χ4v) is 4.52. The molecule has 0 fully saturated rings. The summed E-state index contributed by atoms with van der Waals surface area (Å²) in [6.45, 7) is 5.13. The summed E-state index contributed by atoms with van der Waals surface area (Å²) in [4.78, 5) is 29.9. The Morgan fingerprint density at radius 2 is 1.57 bits per heavy atom. The van der Waals surface area contributed by atoms with Crippen molar-refractivity contribution < 1.29 is 27.5 Å². The Morgan fingerprint density at radius 3 is 2.27 bits per heavy atom. The molecule has 0 aliphatic carbocycles. The molecular weight excluding hydrogens is 481 g/mol. The maximum atomic E-state index is 13.2. The van der Waals surface area contributed by atoms with Gasteiger partial charge in [0, 0.05) is 31.7 Å². The highest BCUT2D eigenvalue weighted by Crippen LogP contribution is 2.31. The van der Waals surface area contributed by atoms with Gasteiger partial charge in [-0.1, -0.05) is 63.8 Å².